The molecule has 1 amide bonds. The Morgan fingerprint density at radius 3 is 2.00 bits per heavy atom. The van der Waals surface area contributed by atoms with Crippen LogP contribution in [0, 0.1) is 13.8 Å². The molecule has 0 radical (unpaired) electrons. The lowest BCUT2D eigenvalue weighted by Gasteiger charge is -2.14. The van der Waals surface area contributed by atoms with E-state index in [1.54, 1.807) is 24.3 Å². The molecule has 0 atom stereocenters. The van der Waals surface area contributed by atoms with E-state index in [-0.39, 0.29) is 37.5 Å². The van der Waals surface area contributed by atoms with Gasteiger partial charge in [-0.05, 0) is 91.7 Å². The SMILES string of the molecule is COc1ccc(NS(=O)(=O)c2ccc(NC(=O)c3ccc(Cl)c(S(=O)(=O)Nc4cc(C)cc(C)c4)c3)cc2)c(OC)c1. The van der Waals surface area contributed by atoms with Gasteiger partial charge in [0.2, 0.25) is 0 Å². The minimum absolute atomic E-state index is 0.0326. The van der Waals surface area contributed by atoms with Gasteiger partial charge in [-0.3, -0.25) is 14.2 Å². The number of hydrogen-bond donors (Lipinski definition) is 3. The zero-order valence-corrected chi connectivity index (χ0v) is 25.4. The van der Waals surface area contributed by atoms with Crippen molar-refractivity contribution in [1.82, 2.24) is 0 Å². The molecule has 0 aliphatic rings. The molecular formula is C29H28ClN3O7S2. The third-order valence-corrected chi connectivity index (χ3v) is 9.28. The second-order valence-corrected chi connectivity index (χ2v) is 13.0. The van der Waals surface area contributed by atoms with Gasteiger partial charge in [-0.1, -0.05) is 17.7 Å². The van der Waals surface area contributed by atoms with Gasteiger partial charge in [-0.2, -0.15) is 0 Å². The monoisotopic (exact) mass is 629 g/mol. The van der Waals surface area contributed by atoms with Gasteiger partial charge in [-0.15, -0.1) is 0 Å². The summed E-state index contributed by atoms with van der Waals surface area (Å²) in [5, 5.41) is 2.58. The highest BCUT2D eigenvalue weighted by Gasteiger charge is 2.22. The highest BCUT2D eigenvalue weighted by molar-refractivity contribution is 7.93. The number of nitrogens with one attached hydrogen (secondary N) is 3. The Balaban J connectivity index is 1.50. The van der Waals surface area contributed by atoms with E-state index in [1.165, 1.54) is 62.8 Å². The average Bonchev–Trinajstić information content (AvgIpc) is 2.92. The van der Waals surface area contributed by atoms with Gasteiger partial charge in [0.05, 0.1) is 29.8 Å². The van der Waals surface area contributed by atoms with Crippen LogP contribution in [0.2, 0.25) is 5.02 Å². The highest BCUT2D eigenvalue weighted by Crippen LogP contribution is 2.31. The van der Waals surface area contributed by atoms with Crippen LogP contribution in [0.3, 0.4) is 0 Å². The van der Waals surface area contributed by atoms with Crippen molar-refractivity contribution in [3.63, 3.8) is 0 Å². The van der Waals surface area contributed by atoms with Crippen LogP contribution in [0.15, 0.2) is 88.7 Å². The van der Waals surface area contributed by atoms with E-state index in [0.717, 1.165) is 11.1 Å². The molecule has 0 fully saturated rings. The summed E-state index contributed by atoms with van der Waals surface area (Å²) in [4.78, 5) is 12.6. The van der Waals surface area contributed by atoms with E-state index in [4.69, 9.17) is 21.1 Å². The molecule has 0 bridgehead atoms. The number of rotatable bonds is 10. The molecule has 0 saturated carbocycles. The number of methoxy groups -OCH3 is 2. The number of anilines is 3. The molecule has 0 saturated heterocycles. The third-order valence-electron chi connectivity index (χ3n) is 6.03. The smallest absolute Gasteiger partial charge is 0.263 e. The van der Waals surface area contributed by atoms with E-state index in [0.29, 0.717) is 11.4 Å². The second-order valence-electron chi connectivity index (χ2n) is 9.28. The molecule has 4 rings (SSSR count). The Morgan fingerprint density at radius 2 is 1.38 bits per heavy atom. The molecule has 0 aromatic heterocycles. The molecule has 13 heteroatoms. The van der Waals surface area contributed by atoms with Crippen molar-refractivity contribution in [2.24, 2.45) is 0 Å². The maximum Gasteiger partial charge on any atom is 0.263 e. The normalized spacial score (nSPS) is 11.5. The lowest BCUT2D eigenvalue weighted by Crippen LogP contribution is -2.17. The molecule has 0 heterocycles. The quantitative estimate of drug-likeness (QED) is 0.201. The van der Waals surface area contributed by atoms with Crippen LogP contribution < -0.4 is 24.2 Å². The van der Waals surface area contributed by atoms with Crippen LogP contribution >= 0.6 is 11.6 Å². The molecule has 0 unspecified atom stereocenters. The van der Waals surface area contributed by atoms with Gasteiger partial charge in [0.25, 0.3) is 26.0 Å². The summed E-state index contributed by atoms with van der Waals surface area (Å²) >= 11 is 6.20. The van der Waals surface area contributed by atoms with Gasteiger partial charge < -0.3 is 14.8 Å². The Kier molecular flexibility index (Phi) is 9.00. The first-order valence-corrected chi connectivity index (χ1v) is 15.7. The Labute approximate surface area is 249 Å². The Hall–Kier alpha value is -4.26. The number of aryl methyl sites for hydroxylation is 2. The summed E-state index contributed by atoms with van der Waals surface area (Å²) in [6.07, 6.45) is 0. The van der Waals surface area contributed by atoms with Crippen molar-refractivity contribution in [1.29, 1.82) is 0 Å². The summed E-state index contributed by atoms with van der Waals surface area (Å²) in [5.41, 5.74) is 2.66. The van der Waals surface area contributed by atoms with E-state index in [2.05, 4.69) is 14.8 Å². The first kappa shape index (κ1) is 30.7. The first-order valence-electron chi connectivity index (χ1n) is 12.4. The summed E-state index contributed by atoms with van der Waals surface area (Å²) in [7, 11) is -5.22. The molecule has 0 aliphatic heterocycles. The fourth-order valence-electron chi connectivity index (χ4n) is 4.10. The van der Waals surface area contributed by atoms with Crippen LogP contribution in [0.25, 0.3) is 0 Å². The van der Waals surface area contributed by atoms with Gasteiger partial charge in [-0.25, -0.2) is 16.8 Å². The van der Waals surface area contributed by atoms with Crippen molar-refractivity contribution >= 4 is 54.6 Å². The number of carbonyl (C=O) groups is 1. The Morgan fingerprint density at radius 1 is 0.714 bits per heavy atom. The number of carbonyl (C=O) groups excluding carboxylic acids is 1. The maximum atomic E-state index is 13.1. The van der Waals surface area contributed by atoms with E-state index < -0.39 is 26.0 Å². The predicted molar refractivity (Wildman–Crippen MR) is 163 cm³/mol. The highest BCUT2D eigenvalue weighted by atomic mass is 35.5. The molecule has 10 nitrogen and oxygen atoms in total. The zero-order chi connectivity index (χ0) is 30.7. The van der Waals surface area contributed by atoms with Crippen molar-refractivity contribution < 1.29 is 31.1 Å². The van der Waals surface area contributed by atoms with E-state index in [9.17, 15) is 21.6 Å². The van der Waals surface area contributed by atoms with Crippen LogP contribution in [0.4, 0.5) is 17.1 Å². The minimum Gasteiger partial charge on any atom is -0.497 e. The number of ether oxygens (including phenoxy) is 2. The fourth-order valence-corrected chi connectivity index (χ4v) is 6.74. The van der Waals surface area contributed by atoms with Crippen molar-refractivity contribution in [2.45, 2.75) is 23.6 Å². The van der Waals surface area contributed by atoms with Crippen LogP contribution in [-0.4, -0.2) is 37.0 Å². The molecular weight excluding hydrogens is 602 g/mol. The number of amides is 1. The fraction of sp³-hybridized carbons (Fsp3) is 0.138. The predicted octanol–water partition coefficient (Wildman–Crippen LogP) is 5.83. The van der Waals surface area contributed by atoms with Gasteiger partial charge in [0.15, 0.2) is 0 Å². The molecule has 0 aliphatic carbocycles. The van der Waals surface area contributed by atoms with Crippen LogP contribution in [-0.2, 0) is 20.0 Å². The first-order chi connectivity index (χ1) is 19.8. The van der Waals surface area contributed by atoms with Gasteiger partial charge >= 0.3 is 0 Å². The minimum atomic E-state index is -4.11. The third kappa shape index (κ3) is 7.14. The maximum absolute atomic E-state index is 13.1. The number of sulfonamides is 2. The zero-order valence-electron chi connectivity index (χ0n) is 23.1. The number of halogens is 1. The van der Waals surface area contributed by atoms with E-state index >= 15 is 0 Å². The lowest BCUT2D eigenvalue weighted by atomic mass is 10.1. The molecule has 220 valence electrons. The summed E-state index contributed by atoms with van der Waals surface area (Å²) in [6, 6.07) is 19.3. The largest absolute Gasteiger partial charge is 0.497 e. The number of benzene rings is 4. The molecule has 42 heavy (non-hydrogen) atoms. The summed E-state index contributed by atoms with van der Waals surface area (Å²) in [5.74, 6) is 0.152. The topological polar surface area (TPSA) is 140 Å². The average molecular weight is 630 g/mol. The van der Waals surface area contributed by atoms with Crippen molar-refractivity contribution in [2.75, 3.05) is 29.0 Å². The van der Waals surface area contributed by atoms with Crippen molar-refractivity contribution in [3.8, 4) is 11.5 Å². The Bertz CT molecular complexity index is 1840. The molecule has 3 N–H and O–H groups in total. The van der Waals surface area contributed by atoms with Crippen molar-refractivity contribution in [3.05, 3.63) is 101 Å². The standard InChI is InChI=1S/C29H28ClN3O7S2/c1-18-13-19(2)15-22(14-18)32-42(37,38)28-16-20(5-11-25(28)30)29(34)31-21-6-9-24(10-7-21)41(35,36)33-26-12-8-23(39-3)17-27(26)40-4/h5-17,32-33H,1-4H3,(H,31,34). The molecule has 0 spiro atoms. The molecule has 4 aromatic rings. The van der Waals surface area contributed by atoms with E-state index in [1.807, 2.05) is 19.9 Å². The summed E-state index contributed by atoms with van der Waals surface area (Å²) in [6.45, 7) is 3.69. The number of hydrogen-bond acceptors (Lipinski definition) is 7. The lowest BCUT2D eigenvalue weighted by molar-refractivity contribution is 0.102. The second kappa shape index (κ2) is 12.3. The van der Waals surface area contributed by atoms with Crippen LogP contribution in [0.5, 0.6) is 11.5 Å². The van der Waals surface area contributed by atoms with Crippen LogP contribution in [0.1, 0.15) is 21.5 Å². The molecule has 4 aromatic carbocycles. The summed E-state index contributed by atoms with van der Waals surface area (Å²) < 4.78 is 67.5. The van der Waals surface area contributed by atoms with Gasteiger partial charge in [0, 0.05) is 23.0 Å². The van der Waals surface area contributed by atoms with Gasteiger partial charge in [0.1, 0.15) is 16.4 Å².